The number of aromatic nitrogens is 1. The van der Waals surface area contributed by atoms with Crippen molar-refractivity contribution >= 4 is 16.7 Å². The summed E-state index contributed by atoms with van der Waals surface area (Å²) in [6, 6.07) is 7.49. The fourth-order valence-corrected chi connectivity index (χ4v) is 2.40. The maximum atomic E-state index is 10.3. The molecule has 0 aliphatic carbocycles. The van der Waals surface area contributed by atoms with Gasteiger partial charge in [-0.25, -0.2) is 0 Å². The van der Waals surface area contributed by atoms with Crippen LogP contribution in [0.5, 0.6) is 5.88 Å². The zero-order valence-electron chi connectivity index (χ0n) is 10.4. The van der Waals surface area contributed by atoms with Gasteiger partial charge in [0.2, 0.25) is 5.88 Å². The third-order valence-corrected chi connectivity index (χ3v) is 3.31. The van der Waals surface area contributed by atoms with Crippen molar-refractivity contribution in [3.63, 3.8) is 0 Å². The van der Waals surface area contributed by atoms with Gasteiger partial charge in [0.1, 0.15) is 5.84 Å². The quantitative estimate of drug-likeness (QED) is 0.721. The van der Waals surface area contributed by atoms with Gasteiger partial charge in [0.05, 0.1) is 11.1 Å². The van der Waals surface area contributed by atoms with Gasteiger partial charge in [0.15, 0.2) is 0 Å². The van der Waals surface area contributed by atoms with Crippen LogP contribution in [0.4, 0.5) is 0 Å². The van der Waals surface area contributed by atoms with Crippen molar-refractivity contribution in [1.82, 2.24) is 9.99 Å². The van der Waals surface area contributed by atoms with Crippen LogP contribution in [0, 0.1) is 5.53 Å². The molecule has 1 aromatic carbocycles. The van der Waals surface area contributed by atoms with Crippen LogP contribution in [0.1, 0.15) is 18.4 Å². The molecule has 0 saturated carbocycles. The molecule has 98 valence electrons. The minimum Gasteiger partial charge on any atom is -0.493 e. The number of amidine groups is 1. The molecule has 1 aliphatic rings. The zero-order valence-corrected chi connectivity index (χ0v) is 10.4. The number of aliphatic imine (C=N–C) groups is 1. The van der Waals surface area contributed by atoms with E-state index in [9.17, 15) is 5.11 Å². The molecular formula is C13H15N5O. The van der Waals surface area contributed by atoms with Gasteiger partial charge in [-0.2, -0.15) is 10.2 Å². The molecular weight excluding hydrogens is 242 g/mol. The minimum absolute atomic E-state index is 0.0376. The second kappa shape index (κ2) is 4.72. The average molecular weight is 257 g/mol. The van der Waals surface area contributed by atoms with Crippen LogP contribution in [0.25, 0.3) is 10.9 Å². The van der Waals surface area contributed by atoms with Gasteiger partial charge in [0, 0.05) is 18.5 Å². The standard InChI is InChI=1S/C13H15N5O/c14-17-18-10-6-2-1-5-9(10)11(13(18)19)12-15-7-3-4-8-16-12/h1-2,5-6,14,19H,3-4,7-8H2,(H,15,16). The Hall–Kier alpha value is -2.37. The maximum absolute atomic E-state index is 10.3. The molecule has 19 heavy (non-hydrogen) atoms. The topological polar surface area (TPSA) is 85.8 Å². The van der Waals surface area contributed by atoms with Gasteiger partial charge < -0.3 is 10.4 Å². The third-order valence-electron chi connectivity index (χ3n) is 3.31. The van der Waals surface area contributed by atoms with Crippen LogP contribution in [0.3, 0.4) is 0 Å². The summed E-state index contributed by atoms with van der Waals surface area (Å²) in [6.07, 6.45) is 2.11. The Bertz CT molecular complexity index is 658. The lowest BCUT2D eigenvalue weighted by Crippen LogP contribution is -2.24. The molecule has 6 nitrogen and oxygen atoms in total. The Morgan fingerprint density at radius 2 is 2.16 bits per heavy atom. The molecule has 0 radical (unpaired) electrons. The highest BCUT2D eigenvalue weighted by molar-refractivity contribution is 6.12. The van der Waals surface area contributed by atoms with E-state index in [1.54, 1.807) is 0 Å². The lowest BCUT2D eigenvalue weighted by molar-refractivity contribution is 0.426. The molecule has 3 N–H and O–H groups in total. The number of rotatable bonds is 2. The van der Waals surface area contributed by atoms with Crippen molar-refractivity contribution in [3.8, 4) is 5.88 Å². The molecule has 1 aromatic heterocycles. The van der Waals surface area contributed by atoms with E-state index in [0.29, 0.717) is 16.9 Å². The lowest BCUT2D eigenvalue weighted by Gasteiger charge is -2.06. The molecule has 2 heterocycles. The SMILES string of the molecule is N=Nn1c(O)c(C2=NCCCCN2)c2ccccc21. The average Bonchev–Trinajstić information content (AvgIpc) is 2.60. The second-order valence-corrected chi connectivity index (χ2v) is 4.49. The largest absolute Gasteiger partial charge is 0.493 e. The number of para-hydroxylation sites is 1. The Morgan fingerprint density at radius 1 is 1.32 bits per heavy atom. The fourth-order valence-electron chi connectivity index (χ4n) is 2.40. The summed E-state index contributed by atoms with van der Waals surface area (Å²) in [4.78, 5) is 4.48. The van der Waals surface area contributed by atoms with Crippen LogP contribution in [-0.4, -0.2) is 28.7 Å². The molecule has 0 bridgehead atoms. The predicted molar refractivity (Wildman–Crippen MR) is 72.8 cm³/mol. The van der Waals surface area contributed by atoms with Crippen molar-refractivity contribution in [2.45, 2.75) is 12.8 Å². The van der Waals surface area contributed by atoms with E-state index in [2.05, 4.69) is 15.5 Å². The highest BCUT2D eigenvalue weighted by Gasteiger charge is 2.21. The number of benzene rings is 1. The van der Waals surface area contributed by atoms with Gasteiger partial charge in [-0.15, -0.1) is 0 Å². The lowest BCUT2D eigenvalue weighted by atomic mass is 10.1. The summed E-state index contributed by atoms with van der Waals surface area (Å²) in [5.41, 5.74) is 8.54. The molecule has 0 atom stereocenters. The monoisotopic (exact) mass is 257 g/mol. The molecule has 2 aromatic rings. The summed E-state index contributed by atoms with van der Waals surface area (Å²) in [6.45, 7) is 1.59. The van der Waals surface area contributed by atoms with E-state index in [0.717, 1.165) is 31.3 Å². The van der Waals surface area contributed by atoms with Crippen molar-refractivity contribution in [2.24, 2.45) is 10.2 Å². The van der Waals surface area contributed by atoms with Gasteiger partial charge in [-0.3, -0.25) is 4.99 Å². The normalized spacial score (nSPS) is 15.7. The van der Waals surface area contributed by atoms with Crippen molar-refractivity contribution in [2.75, 3.05) is 13.1 Å². The number of hydrogen-bond donors (Lipinski definition) is 3. The first-order valence-electron chi connectivity index (χ1n) is 6.32. The molecule has 0 saturated heterocycles. The van der Waals surface area contributed by atoms with Gasteiger partial charge >= 0.3 is 0 Å². The Labute approximate surface area is 110 Å². The van der Waals surface area contributed by atoms with E-state index in [4.69, 9.17) is 5.53 Å². The van der Waals surface area contributed by atoms with Crippen LogP contribution < -0.4 is 5.32 Å². The zero-order chi connectivity index (χ0) is 13.2. The molecule has 0 amide bonds. The second-order valence-electron chi connectivity index (χ2n) is 4.49. The van der Waals surface area contributed by atoms with Gasteiger partial charge in [0.25, 0.3) is 0 Å². The predicted octanol–water partition coefficient (Wildman–Crippen LogP) is 2.27. The van der Waals surface area contributed by atoms with Crippen molar-refractivity contribution < 1.29 is 5.11 Å². The number of hydrogen-bond acceptors (Lipinski definition) is 5. The van der Waals surface area contributed by atoms with E-state index < -0.39 is 0 Å². The summed E-state index contributed by atoms with van der Waals surface area (Å²) in [7, 11) is 0. The molecule has 0 spiro atoms. The molecule has 0 unspecified atom stereocenters. The maximum Gasteiger partial charge on any atom is 0.225 e. The van der Waals surface area contributed by atoms with E-state index >= 15 is 0 Å². The molecule has 0 fully saturated rings. The van der Waals surface area contributed by atoms with E-state index in [1.165, 1.54) is 4.68 Å². The fraction of sp³-hybridized carbons (Fsp3) is 0.308. The van der Waals surface area contributed by atoms with E-state index in [1.807, 2.05) is 24.3 Å². The number of nitrogens with one attached hydrogen (secondary N) is 2. The summed E-state index contributed by atoms with van der Waals surface area (Å²) in [5, 5.41) is 17.7. The smallest absolute Gasteiger partial charge is 0.225 e. The Morgan fingerprint density at radius 3 is 3.00 bits per heavy atom. The highest BCUT2D eigenvalue weighted by atomic mass is 16.3. The summed E-state index contributed by atoms with van der Waals surface area (Å²) < 4.78 is 1.22. The molecule has 6 heteroatoms. The Kier molecular flexibility index (Phi) is 2.91. The van der Waals surface area contributed by atoms with Crippen LogP contribution in [0.15, 0.2) is 34.5 Å². The Balaban J connectivity index is 2.25. The molecule has 3 rings (SSSR count). The van der Waals surface area contributed by atoms with Crippen molar-refractivity contribution in [3.05, 3.63) is 29.8 Å². The minimum atomic E-state index is -0.0376. The summed E-state index contributed by atoms with van der Waals surface area (Å²) >= 11 is 0. The van der Waals surface area contributed by atoms with Crippen LogP contribution in [0.2, 0.25) is 0 Å². The summed E-state index contributed by atoms with van der Waals surface area (Å²) in [5.74, 6) is 0.651. The van der Waals surface area contributed by atoms with E-state index in [-0.39, 0.29) is 5.88 Å². The molecule has 1 aliphatic heterocycles. The third kappa shape index (κ3) is 1.85. The van der Waals surface area contributed by atoms with Crippen LogP contribution >= 0.6 is 0 Å². The number of nitrogens with zero attached hydrogens (tertiary/aromatic N) is 3. The number of aromatic hydroxyl groups is 1. The number of fused-ring (bicyclic) bond motifs is 1. The first-order chi connectivity index (χ1) is 9.33. The van der Waals surface area contributed by atoms with Gasteiger partial charge in [-0.05, 0) is 18.9 Å². The van der Waals surface area contributed by atoms with Crippen molar-refractivity contribution in [1.29, 1.82) is 5.53 Å². The first kappa shape index (κ1) is 11.7. The van der Waals surface area contributed by atoms with Crippen LogP contribution in [-0.2, 0) is 0 Å². The van der Waals surface area contributed by atoms with Gasteiger partial charge in [-0.1, -0.05) is 23.4 Å². The first-order valence-corrected chi connectivity index (χ1v) is 6.32. The highest BCUT2D eigenvalue weighted by Crippen LogP contribution is 2.31.